The van der Waals surface area contributed by atoms with Gasteiger partial charge in [-0.3, -0.25) is 9.89 Å². The van der Waals surface area contributed by atoms with E-state index in [9.17, 15) is 0 Å². The minimum Gasteiger partial charge on any atom is -0.373 e. The average molecular weight is 572 g/mol. The molecule has 2 aliphatic heterocycles. The molecule has 0 amide bonds. The molecule has 2 heterocycles. The smallest absolute Gasteiger partial charge is 0.191 e. The largest absolute Gasteiger partial charge is 0.373 e. The van der Waals surface area contributed by atoms with E-state index in [1.165, 1.54) is 17.5 Å². The maximum atomic E-state index is 6.22. The normalized spacial score (nSPS) is 23.8. The van der Waals surface area contributed by atoms with Gasteiger partial charge in [0.1, 0.15) is 0 Å². The predicted molar refractivity (Wildman–Crippen MR) is 150 cm³/mol. The van der Waals surface area contributed by atoms with Crippen molar-refractivity contribution < 1.29 is 4.74 Å². The maximum absolute atomic E-state index is 6.22. The van der Waals surface area contributed by atoms with Gasteiger partial charge in [0.2, 0.25) is 0 Å². The Kier molecular flexibility index (Phi) is 12.4. The molecule has 2 N–H and O–H groups in total. The number of ether oxygens (including phenoxy) is 1. The first-order chi connectivity index (χ1) is 15.5. The molecule has 2 aliphatic rings. The maximum Gasteiger partial charge on any atom is 0.191 e. The van der Waals surface area contributed by atoms with Crippen molar-refractivity contribution in [1.82, 2.24) is 20.4 Å². The molecule has 6 nitrogen and oxygen atoms in total. The summed E-state index contributed by atoms with van der Waals surface area (Å²) in [5.41, 5.74) is 2.58. The number of guanidine groups is 1. The van der Waals surface area contributed by atoms with Gasteiger partial charge in [0, 0.05) is 57.8 Å². The fourth-order valence-electron chi connectivity index (χ4n) is 4.83. The molecular formula is C26H46IN5O. The summed E-state index contributed by atoms with van der Waals surface area (Å²) < 4.78 is 6.22. The van der Waals surface area contributed by atoms with Gasteiger partial charge in [-0.1, -0.05) is 43.7 Å². The van der Waals surface area contributed by atoms with Crippen molar-refractivity contribution in [2.24, 2.45) is 16.8 Å². The van der Waals surface area contributed by atoms with Crippen LogP contribution in [0.25, 0.3) is 0 Å². The van der Waals surface area contributed by atoms with E-state index in [-0.39, 0.29) is 30.1 Å². The van der Waals surface area contributed by atoms with Gasteiger partial charge in [-0.2, -0.15) is 0 Å². The molecule has 0 bridgehead atoms. The van der Waals surface area contributed by atoms with E-state index in [1.54, 1.807) is 0 Å². The SMILES string of the molecule is CCNC(=NCC(C(C)C)N1CCN(C)CC1)NCC1CCCOC1c1ccc(C)cc1.I. The van der Waals surface area contributed by atoms with Crippen molar-refractivity contribution in [3.8, 4) is 0 Å². The molecule has 0 aromatic heterocycles. The number of hydrogen-bond donors (Lipinski definition) is 2. The van der Waals surface area contributed by atoms with Crippen LogP contribution >= 0.6 is 24.0 Å². The summed E-state index contributed by atoms with van der Waals surface area (Å²) in [7, 11) is 2.21. The van der Waals surface area contributed by atoms with E-state index in [0.717, 1.165) is 64.8 Å². The van der Waals surface area contributed by atoms with E-state index in [2.05, 4.69) is 79.4 Å². The molecule has 188 valence electrons. The number of aryl methyl sites for hydroxylation is 1. The Labute approximate surface area is 218 Å². The lowest BCUT2D eigenvalue weighted by atomic mass is 9.89. The first-order valence-electron chi connectivity index (χ1n) is 12.6. The number of piperazine rings is 1. The average Bonchev–Trinajstić information content (AvgIpc) is 2.79. The number of likely N-dealkylation sites (N-methyl/N-ethyl adjacent to an activating group) is 1. The standard InChI is InChI=1S/C26H45N5O.HI/c1-6-27-26(29-19-24(20(2)3)31-15-13-30(5)14-16-31)28-18-23-8-7-17-32-25(23)22-11-9-21(4)10-12-22;/h9-12,20,23-25H,6-8,13-19H2,1-5H3,(H2,27,28,29);1H. The van der Waals surface area contributed by atoms with Gasteiger partial charge in [0.15, 0.2) is 5.96 Å². The quantitative estimate of drug-likeness (QED) is 0.282. The topological polar surface area (TPSA) is 52.1 Å². The summed E-state index contributed by atoms with van der Waals surface area (Å²) in [6.45, 7) is 16.9. The zero-order chi connectivity index (χ0) is 22.9. The first kappa shape index (κ1) is 28.3. The summed E-state index contributed by atoms with van der Waals surface area (Å²) in [5, 5.41) is 7.10. The van der Waals surface area contributed by atoms with Gasteiger partial charge in [0.05, 0.1) is 12.6 Å². The number of benzene rings is 1. The lowest BCUT2D eigenvalue weighted by Crippen LogP contribution is -2.52. The number of rotatable bonds is 8. The number of hydrogen-bond acceptors (Lipinski definition) is 4. The van der Waals surface area contributed by atoms with Crippen LogP contribution in [0, 0.1) is 18.8 Å². The van der Waals surface area contributed by atoms with Crippen LogP contribution < -0.4 is 10.6 Å². The van der Waals surface area contributed by atoms with Crippen molar-refractivity contribution in [3.05, 3.63) is 35.4 Å². The van der Waals surface area contributed by atoms with Crippen LogP contribution in [0.5, 0.6) is 0 Å². The van der Waals surface area contributed by atoms with E-state index in [4.69, 9.17) is 9.73 Å². The zero-order valence-electron chi connectivity index (χ0n) is 21.3. The molecule has 0 radical (unpaired) electrons. The molecule has 3 rings (SSSR count). The van der Waals surface area contributed by atoms with E-state index >= 15 is 0 Å². The highest BCUT2D eigenvalue weighted by Gasteiger charge is 2.28. The third kappa shape index (κ3) is 8.67. The Balaban J connectivity index is 0.00000385. The second-order valence-electron chi connectivity index (χ2n) is 9.86. The third-order valence-electron chi connectivity index (χ3n) is 6.94. The van der Waals surface area contributed by atoms with Gasteiger partial charge in [-0.25, -0.2) is 0 Å². The highest BCUT2D eigenvalue weighted by atomic mass is 127. The van der Waals surface area contributed by atoms with Crippen molar-refractivity contribution in [3.63, 3.8) is 0 Å². The van der Waals surface area contributed by atoms with Gasteiger partial charge in [-0.15, -0.1) is 24.0 Å². The van der Waals surface area contributed by atoms with E-state index in [0.29, 0.717) is 17.9 Å². The summed E-state index contributed by atoms with van der Waals surface area (Å²) in [4.78, 5) is 10.1. The Morgan fingerprint density at radius 3 is 2.45 bits per heavy atom. The minimum absolute atomic E-state index is 0. The van der Waals surface area contributed by atoms with E-state index < -0.39 is 0 Å². The second kappa shape index (κ2) is 14.5. The number of nitrogens with one attached hydrogen (secondary N) is 2. The number of nitrogens with zero attached hydrogens (tertiary/aromatic N) is 3. The van der Waals surface area contributed by atoms with Crippen molar-refractivity contribution in [2.75, 3.05) is 59.5 Å². The number of aliphatic imine (C=N–C) groups is 1. The molecule has 1 aromatic carbocycles. The van der Waals surface area contributed by atoms with Gasteiger partial charge >= 0.3 is 0 Å². The summed E-state index contributed by atoms with van der Waals surface area (Å²) in [6, 6.07) is 9.31. The van der Waals surface area contributed by atoms with Crippen LogP contribution in [0.1, 0.15) is 50.8 Å². The lowest BCUT2D eigenvalue weighted by Gasteiger charge is -2.39. The zero-order valence-corrected chi connectivity index (χ0v) is 23.7. The van der Waals surface area contributed by atoms with Gasteiger partial charge in [-0.05, 0) is 45.2 Å². The minimum atomic E-state index is 0. The number of halogens is 1. The van der Waals surface area contributed by atoms with Crippen LogP contribution in [0.3, 0.4) is 0 Å². The summed E-state index contributed by atoms with van der Waals surface area (Å²) >= 11 is 0. The van der Waals surface area contributed by atoms with Gasteiger partial charge in [0.25, 0.3) is 0 Å². The fraction of sp³-hybridized carbons (Fsp3) is 0.731. The van der Waals surface area contributed by atoms with Crippen LogP contribution in [0.15, 0.2) is 29.3 Å². The third-order valence-corrected chi connectivity index (χ3v) is 6.94. The molecule has 7 heteroatoms. The van der Waals surface area contributed by atoms with Crippen molar-refractivity contribution in [2.45, 2.75) is 52.7 Å². The molecule has 2 fully saturated rings. The second-order valence-corrected chi connectivity index (χ2v) is 9.86. The molecular weight excluding hydrogens is 525 g/mol. The Hall–Kier alpha value is -0.900. The highest BCUT2D eigenvalue weighted by molar-refractivity contribution is 14.0. The molecule has 0 saturated carbocycles. The van der Waals surface area contributed by atoms with Crippen LogP contribution in [-0.2, 0) is 4.74 Å². The van der Waals surface area contributed by atoms with Crippen molar-refractivity contribution >= 4 is 29.9 Å². The molecule has 3 atom stereocenters. The Bertz CT molecular complexity index is 703. The van der Waals surface area contributed by atoms with Crippen LogP contribution in [0.2, 0.25) is 0 Å². The van der Waals surface area contributed by atoms with Crippen LogP contribution in [-0.4, -0.2) is 81.3 Å². The highest BCUT2D eigenvalue weighted by Crippen LogP contribution is 2.33. The van der Waals surface area contributed by atoms with Crippen molar-refractivity contribution in [1.29, 1.82) is 0 Å². The lowest BCUT2D eigenvalue weighted by molar-refractivity contribution is -0.0265. The molecule has 0 aliphatic carbocycles. The molecule has 33 heavy (non-hydrogen) atoms. The molecule has 3 unspecified atom stereocenters. The Morgan fingerprint density at radius 1 is 1.12 bits per heavy atom. The molecule has 0 spiro atoms. The summed E-state index contributed by atoms with van der Waals surface area (Å²) in [5.74, 6) is 1.97. The first-order valence-corrected chi connectivity index (χ1v) is 12.6. The predicted octanol–water partition coefficient (Wildman–Crippen LogP) is 3.91. The fourth-order valence-corrected chi connectivity index (χ4v) is 4.83. The van der Waals surface area contributed by atoms with Crippen LogP contribution in [0.4, 0.5) is 0 Å². The Morgan fingerprint density at radius 2 is 1.82 bits per heavy atom. The van der Waals surface area contributed by atoms with E-state index in [1.807, 2.05) is 0 Å². The molecule has 1 aromatic rings. The molecule has 2 saturated heterocycles. The van der Waals surface area contributed by atoms with Gasteiger partial charge < -0.3 is 20.3 Å². The monoisotopic (exact) mass is 571 g/mol. The summed E-state index contributed by atoms with van der Waals surface area (Å²) in [6.07, 6.45) is 2.47.